The Labute approximate surface area is 200 Å². The van der Waals surface area contributed by atoms with E-state index in [4.69, 9.17) is 0 Å². The number of amides is 1. The molecule has 0 aromatic carbocycles. The lowest BCUT2D eigenvalue weighted by atomic mass is 9.88. The Morgan fingerprint density at radius 3 is 2.62 bits per heavy atom. The third-order valence-corrected chi connectivity index (χ3v) is 8.15. The standard InChI is InChI=1S/C27H47NO3S/c1-7-8-12-27(6,31)13-9-10-23-24-16-21(15-22(24)17-25(23)29)18-32-14-11-26(30)28(19(2)3)20(4)5/h9-10,15,19-20,22-25,29,31H,7-8,11-14,16-18H2,1-6H3/b10-9+/t22-,23+,24-,25+,27-/m0/s1. The Morgan fingerprint density at radius 2 is 2.00 bits per heavy atom. The summed E-state index contributed by atoms with van der Waals surface area (Å²) in [6, 6.07) is 0.493. The highest BCUT2D eigenvalue weighted by Crippen LogP contribution is 2.47. The van der Waals surface area contributed by atoms with Crippen LogP contribution >= 0.6 is 11.8 Å². The highest BCUT2D eigenvalue weighted by atomic mass is 32.2. The van der Waals surface area contributed by atoms with Gasteiger partial charge in [-0.2, -0.15) is 11.8 Å². The smallest absolute Gasteiger partial charge is 0.223 e. The summed E-state index contributed by atoms with van der Waals surface area (Å²) in [6.45, 7) is 12.4. The molecule has 2 aliphatic carbocycles. The maximum absolute atomic E-state index is 12.5. The third-order valence-electron chi connectivity index (χ3n) is 7.08. The molecule has 184 valence electrons. The molecule has 32 heavy (non-hydrogen) atoms. The first-order chi connectivity index (χ1) is 15.1. The molecule has 5 heteroatoms. The molecule has 0 heterocycles. The van der Waals surface area contributed by atoms with Crippen LogP contribution in [0.15, 0.2) is 23.8 Å². The van der Waals surface area contributed by atoms with E-state index in [0.29, 0.717) is 24.7 Å². The number of allylic oxidation sites excluding steroid dienone is 1. The van der Waals surface area contributed by atoms with Crippen LogP contribution in [-0.2, 0) is 4.79 Å². The van der Waals surface area contributed by atoms with Crippen LogP contribution in [0, 0.1) is 17.8 Å². The van der Waals surface area contributed by atoms with Gasteiger partial charge < -0.3 is 15.1 Å². The van der Waals surface area contributed by atoms with E-state index in [-0.39, 0.29) is 30.0 Å². The van der Waals surface area contributed by atoms with Crippen LogP contribution in [0.3, 0.4) is 0 Å². The van der Waals surface area contributed by atoms with Gasteiger partial charge in [-0.05, 0) is 72.1 Å². The van der Waals surface area contributed by atoms with Crippen LogP contribution in [0.1, 0.15) is 86.5 Å². The zero-order valence-corrected chi connectivity index (χ0v) is 22.0. The molecule has 0 saturated heterocycles. The SMILES string of the molecule is CCCC[C@](C)(O)C/C=C/[C@@H]1[C@H]2CC(CSCCC(=O)N(C(C)C)C(C)C)=C[C@H]2C[C@H]1O. The lowest BCUT2D eigenvalue weighted by Crippen LogP contribution is -2.42. The van der Waals surface area contributed by atoms with Crippen LogP contribution in [0.4, 0.5) is 0 Å². The van der Waals surface area contributed by atoms with Crippen molar-refractivity contribution in [3.8, 4) is 0 Å². The maximum atomic E-state index is 12.5. The Hall–Kier alpha value is -0.780. The molecule has 0 bridgehead atoms. The molecule has 2 rings (SSSR count). The van der Waals surface area contributed by atoms with Gasteiger partial charge in [-0.3, -0.25) is 4.79 Å². The van der Waals surface area contributed by atoms with E-state index >= 15 is 0 Å². The van der Waals surface area contributed by atoms with Crippen LogP contribution in [-0.4, -0.2) is 56.3 Å². The summed E-state index contributed by atoms with van der Waals surface area (Å²) in [7, 11) is 0. The molecular weight excluding hydrogens is 418 g/mol. The summed E-state index contributed by atoms with van der Waals surface area (Å²) in [6.07, 6.45) is 12.5. The number of carbonyl (C=O) groups excluding carboxylic acids is 1. The second-order valence-corrected chi connectivity index (χ2v) is 11.9. The van der Waals surface area contributed by atoms with Crippen LogP contribution in [0.5, 0.6) is 0 Å². The fraction of sp³-hybridized carbons (Fsp3) is 0.815. The minimum absolute atomic E-state index is 0.188. The van der Waals surface area contributed by atoms with E-state index in [1.165, 1.54) is 5.57 Å². The van der Waals surface area contributed by atoms with Crippen LogP contribution < -0.4 is 0 Å². The topological polar surface area (TPSA) is 60.8 Å². The Morgan fingerprint density at radius 1 is 1.31 bits per heavy atom. The molecule has 0 aromatic heterocycles. The fourth-order valence-corrected chi connectivity index (χ4v) is 6.45. The average Bonchev–Trinajstić information content (AvgIpc) is 3.20. The van der Waals surface area contributed by atoms with E-state index in [2.05, 4.69) is 52.8 Å². The van der Waals surface area contributed by atoms with Crippen molar-refractivity contribution in [2.45, 2.75) is 110 Å². The number of aliphatic hydroxyl groups excluding tert-OH is 1. The van der Waals surface area contributed by atoms with Gasteiger partial charge in [0, 0.05) is 35.9 Å². The predicted molar refractivity (Wildman–Crippen MR) is 137 cm³/mol. The molecule has 0 spiro atoms. The first-order valence-electron chi connectivity index (χ1n) is 12.7. The normalized spacial score (nSPS) is 27.2. The lowest BCUT2D eigenvalue weighted by molar-refractivity contribution is -0.134. The van der Waals surface area contributed by atoms with E-state index in [1.54, 1.807) is 0 Å². The molecule has 0 unspecified atom stereocenters. The summed E-state index contributed by atoms with van der Waals surface area (Å²) in [4.78, 5) is 14.5. The third kappa shape index (κ3) is 7.92. The minimum atomic E-state index is -0.649. The molecular formula is C27H47NO3S. The summed E-state index contributed by atoms with van der Waals surface area (Å²) in [5.74, 6) is 3.24. The van der Waals surface area contributed by atoms with Crippen molar-refractivity contribution in [1.29, 1.82) is 0 Å². The number of hydrogen-bond acceptors (Lipinski definition) is 4. The van der Waals surface area contributed by atoms with Crippen molar-refractivity contribution >= 4 is 17.7 Å². The second-order valence-electron chi connectivity index (χ2n) is 10.8. The Kier molecular flexibility index (Phi) is 10.8. The van der Waals surface area contributed by atoms with E-state index in [1.807, 2.05) is 23.6 Å². The van der Waals surface area contributed by atoms with Crippen molar-refractivity contribution in [2.24, 2.45) is 17.8 Å². The van der Waals surface area contributed by atoms with Gasteiger partial charge in [0.05, 0.1) is 11.7 Å². The molecule has 0 aliphatic heterocycles. The number of aliphatic hydroxyl groups is 2. The molecule has 0 aromatic rings. The zero-order chi connectivity index (χ0) is 23.9. The van der Waals surface area contributed by atoms with Gasteiger partial charge >= 0.3 is 0 Å². The molecule has 1 saturated carbocycles. The summed E-state index contributed by atoms with van der Waals surface area (Å²) < 4.78 is 0. The van der Waals surface area contributed by atoms with Gasteiger partial charge in [0.1, 0.15) is 0 Å². The summed E-state index contributed by atoms with van der Waals surface area (Å²) in [5.41, 5.74) is 0.825. The van der Waals surface area contributed by atoms with Gasteiger partial charge in [-0.25, -0.2) is 0 Å². The van der Waals surface area contributed by atoms with Crippen molar-refractivity contribution in [3.05, 3.63) is 23.8 Å². The van der Waals surface area contributed by atoms with E-state index in [9.17, 15) is 15.0 Å². The van der Waals surface area contributed by atoms with Gasteiger partial charge in [0.25, 0.3) is 0 Å². The van der Waals surface area contributed by atoms with Crippen molar-refractivity contribution in [2.75, 3.05) is 11.5 Å². The second kappa shape index (κ2) is 12.6. The number of unbranched alkanes of at least 4 members (excludes halogenated alkanes) is 1. The summed E-state index contributed by atoms with van der Waals surface area (Å²) in [5, 5.41) is 21.1. The van der Waals surface area contributed by atoms with E-state index < -0.39 is 5.60 Å². The predicted octanol–water partition coefficient (Wildman–Crippen LogP) is 5.59. The van der Waals surface area contributed by atoms with Crippen molar-refractivity contribution in [3.63, 3.8) is 0 Å². The summed E-state index contributed by atoms with van der Waals surface area (Å²) >= 11 is 1.86. The first-order valence-corrected chi connectivity index (χ1v) is 13.9. The molecule has 2 N–H and O–H groups in total. The number of fused-ring (bicyclic) bond motifs is 1. The Bertz CT molecular complexity index is 647. The van der Waals surface area contributed by atoms with Gasteiger partial charge in [0.2, 0.25) is 5.91 Å². The van der Waals surface area contributed by atoms with Crippen LogP contribution in [0.25, 0.3) is 0 Å². The number of rotatable bonds is 13. The van der Waals surface area contributed by atoms with Crippen molar-refractivity contribution < 1.29 is 15.0 Å². The number of carbonyl (C=O) groups is 1. The average molecular weight is 466 g/mol. The molecule has 5 atom stereocenters. The van der Waals surface area contributed by atoms with Crippen molar-refractivity contribution in [1.82, 2.24) is 4.90 Å². The maximum Gasteiger partial charge on any atom is 0.223 e. The number of nitrogens with zero attached hydrogens (tertiary/aromatic N) is 1. The minimum Gasteiger partial charge on any atom is -0.392 e. The highest BCUT2D eigenvalue weighted by molar-refractivity contribution is 7.99. The van der Waals surface area contributed by atoms with Gasteiger partial charge in [-0.15, -0.1) is 0 Å². The highest BCUT2D eigenvalue weighted by Gasteiger charge is 2.43. The number of hydrogen-bond donors (Lipinski definition) is 2. The molecule has 4 nitrogen and oxygen atoms in total. The van der Waals surface area contributed by atoms with Gasteiger partial charge in [-0.1, -0.05) is 43.6 Å². The monoisotopic (exact) mass is 465 g/mol. The largest absolute Gasteiger partial charge is 0.392 e. The lowest BCUT2D eigenvalue weighted by Gasteiger charge is -2.30. The zero-order valence-electron chi connectivity index (χ0n) is 21.2. The first kappa shape index (κ1) is 27.5. The fourth-order valence-electron chi connectivity index (χ4n) is 5.52. The van der Waals surface area contributed by atoms with Crippen LogP contribution in [0.2, 0.25) is 0 Å². The number of thioether (sulfide) groups is 1. The molecule has 1 amide bonds. The molecule has 1 fully saturated rings. The van der Waals surface area contributed by atoms with Gasteiger partial charge in [0.15, 0.2) is 0 Å². The van der Waals surface area contributed by atoms with E-state index in [0.717, 1.165) is 43.6 Å². The quantitative estimate of drug-likeness (QED) is 0.275. The molecule has 2 aliphatic rings. The molecule has 0 radical (unpaired) electrons. The Balaban J connectivity index is 1.78.